The third-order valence-electron chi connectivity index (χ3n) is 5.28. The third-order valence-corrected chi connectivity index (χ3v) is 6.60. The van der Waals surface area contributed by atoms with E-state index in [1.807, 2.05) is 0 Å². The largest absolute Gasteiger partial charge is 0.350 e. The third kappa shape index (κ3) is 2.71. The summed E-state index contributed by atoms with van der Waals surface area (Å²) in [6.45, 7) is 9.32. The minimum absolute atomic E-state index is 0.0658. The van der Waals surface area contributed by atoms with Crippen LogP contribution in [0.1, 0.15) is 38.2 Å². The molecule has 21 heavy (non-hydrogen) atoms. The van der Waals surface area contributed by atoms with Crippen molar-refractivity contribution in [2.24, 2.45) is 23.8 Å². The Hall–Kier alpha value is -1.01. The molecule has 1 aliphatic rings. The highest BCUT2D eigenvalue weighted by Gasteiger charge is 2.64. The molecule has 118 valence electrons. The molecule has 1 aliphatic carbocycles. The lowest BCUT2D eigenvalue weighted by Gasteiger charge is -2.07. The fourth-order valence-corrected chi connectivity index (χ4v) is 3.81. The second-order valence-corrected chi connectivity index (χ2v) is 9.38. The zero-order valence-corrected chi connectivity index (χ0v) is 14.5. The number of hydrogen-bond acceptors (Lipinski definition) is 3. The van der Waals surface area contributed by atoms with Crippen molar-refractivity contribution < 1.29 is 13.2 Å². The molecule has 0 radical (unpaired) electrons. The Balaban J connectivity index is 2.08. The van der Waals surface area contributed by atoms with Gasteiger partial charge in [0.1, 0.15) is 10.6 Å². The Morgan fingerprint density at radius 2 is 1.86 bits per heavy atom. The lowest BCUT2D eigenvalue weighted by atomic mass is 10.0. The van der Waals surface area contributed by atoms with E-state index < -0.39 is 9.05 Å². The van der Waals surface area contributed by atoms with Gasteiger partial charge in [-0.05, 0) is 22.8 Å². The average molecular weight is 333 g/mol. The van der Waals surface area contributed by atoms with Crippen LogP contribution in [-0.4, -0.2) is 25.4 Å². The molecule has 0 saturated heterocycles. The molecule has 1 amide bonds. The van der Waals surface area contributed by atoms with Crippen LogP contribution in [0.15, 0.2) is 17.2 Å². The van der Waals surface area contributed by atoms with Crippen molar-refractivity contribution in [1.82, 2.24) is 9.88 Å². The maximum absolute atomic E-state index is 12.2. The normalized spacial score (nSPS) is 20.3. The molecule has 0 spiro atoms. The molecule has 0 aromatic carbocycles. The highest BCUT2D eigenvalue weighted by atomic mass is 35.7. The fourth-order valence-electron chi connectivity index (χ4n) is 3.02. The minimum Gasteiger partial charge on any atom is -0.350 e. The van der Waals surface area contributed by atoms with Gasteiger partial charge in [-0.2, -0.15) is 0 Å². The quantitative estimate of drug-likeness (QED) is 0.861. The maximum atomic E-state index is 12.2. The van der Waals surface area contributed by atoms with Gasteiger partial charge < -0.3 is 9.88 Å². The summed E-state index contributed by atoms with van der Waals surface area (Å²) in [5.74, 6) is 0.119. The number of aryl methyl sites for hydroxylation is 1. The highest BCUT2D eigenvalue weighted by Crippen LogP contribution is 2.67. The van der Waals surface area contributed by atoms with E-state index in [1.165, 1.54) is 16.8 Å². The van der Waals surface area contributed by atoms with Crippen LogP contribution >= 0.6 is 10.7 Å². The van der Waals surface area contributed by atoms with Crippen LogP contribution in [0, 0.1) is 16.7 Å². The molecule has 1 saturated carbocycles. The van der Waals surface area contributed by atoms with Gasteiger partial charge in [0.25, 0.3) is 15.0 Å². The summed E-state index contributed by atoms with van der Waals surface area (Å²) >= 11 is 0. The first-order valence-electron chi connectivity index (χ1n) is 6.78. The van der Waals surface area contributed by atoms with Crippen LogP contribution in [0.4, 0.5) is 0 Å². The Bertz CT molecular complexity index is 675. The number of carbonyl (C=O) groups excluding carboxylic acids is 1. The van der Waals surface area contributed by atoms with Crippen LogP contribution in [0.2, 0.25) is 0 Å². The summed E-state index contributed by atoms with van der Waals surface area (Å²) in [7, 11) is 3.08. The standard InChI is InChI=1S/C14H21ClN2O3S/c1-13(2)11(14(13,3)4)7-16-12(18)10-6-9(8-17(10)5)21(15,19)20/h6,8,11H,7H2,1-5H3,(H,16,18). The Kier molecular flexibility index (Phi) is 3.70. The van der Waals surface area contributed by atoms with E-state index in [1.54, 1.807) is 7.05 Å². The molecule has 0 bridgehead atoms. The van der Waals surface area contributed by atoms with Crippen molar-refractivity contribution in [3.63, 3.8) is 0 Å². The number of hydrogen-bond donors (Lipinski definition) is 1. The molecular formula is C14H21ClN2O3S. The molecule has 0 atom stereocenters. The summed E-state index contributed by atoms with van der Waals surface area (Å²) < 4.78 is 24.0. The molecular weight excluding hydrogens is 312 g/mol. The molecule has 1 fully saturated rings. The van der Waals surface area contributed by atoms with Crippen LogP contribution in [0.5, 0.6) is 0 Å². The van der Waals surface area contributed by atoms with Gasteiger partial charge in [-0.25, -0.2) is 8.42 Å². The van der Waals surface area contributed by atoms with Gasteiger partial charge in [-0.1, -0.05) is 27.7 Å². The first-order valence-corrected chi connectivity index (χ1v) is 9.09. The summed E-state index contributed by atoms with van der Waals surface area (Å²) in [4.78, 5) is 12.1. The predicted molar refractivity (Wildman–Crippen MR) is 81.8 cm³/mol. The van der Waals surface area contributed by atoms with E-state index in [-0.39, 0.29) is 27.3 Å². The molecule has 7 heteroatoms. The second-order valence-electron chi connectivity index (χ2n) is 6.82. The van der Waals surface area contributed by atoms with E-state index in [2.05, 4.69) is 33.0 Å². The molecule has 5 nitrogen and oxygen atoms in total. The summed E-state index contributed by atoms with van der Waals surface area (Å²) in [6, 6.07) is 1.29. The van der Waals surface area contributed by atoms with Crippen molar-refractivity contribution in [3.05, 3.63) is 18.0 Å². The molecule has 1 N–H and O–H groups in total. The van der Waals surface area contributed by atoms with Gasteiger partial charge >= 0.3 is 0 Å². The zero-order valence-electron chi connectivity index (χ0n) is 12.9. The zero-order chi connectivity index (χ0) is 16.2. The number of carbonyl (C=O) groups is 1. The van der Waals surface area contributed by atoms with Crippen LogP contribution in [0.3, 0.4) is 0 Å². The van der Waals surface area contributed by atoms with E-state index in [0.29, 0.717) is 12.5 Å². The molecule has 1 aromatic rings. The van der Waals surface area contributed by atoms with Crippen LogP contribution in [0.25, 0.3) is 0 Å². The van der Waals surface area contributed by atoms with E-state index >= 15 is 0 Å². The second kappa shape index (κ2) is 4.74. The molecule has 0 aliphatic heterocycles. The smallest absolute Gasteiger partial charge is 0.267 e. The van der Waals surface area contributed by atoms with E-state index in [9.17, 15) is 13.2 Å². The number of nitrogens with one attached hydrogen (secondary N) is 1. The fraction of sp³-hybridized carbons (Fsp3) is 0.643. The maximum Gasteiger partial charge on any atom is 0.267 e. The topological polar surface area (TPSA) is 68.2 Å². The number of amides is 1. The highest BCUT2D eigenvalue weighted by molar-refractivity contribution is 8.13. The number of halogens is 1. The first kappa shape index (κ1) is 16.4. The minimum atomic E-state index is -3.82. The Morgan fingerprint density at radius 3 is 2.24 bits per heavy atom. The Labute approximate surface area is 130 Å². The van der Waals surface area contributed by atoms with Gasteiger partial charge in [-0.3, -0.25) is 4.79 Å². The van der Waals surface area contributed by atoms with Crippen molar-refractivity contribution >= 4 is 25.6 Å². The van der Waals surface area contributed by atoms with Crippen molar-refractivity contribution in [3.8, 4) is 0 Å². The van der Waals surface area contributed by atoms with Crippen LogP contribution in [-0.2, 0) is 16.1 Å². The van der Waals surface area contributed by atoms with E-state index in [0.717, 1.165) is 0 Å². The van der Waals surface area contributed by atoms with Gasteiger partial charge in [0, 0.05) is 30.5 Å². The monoisotopic (exact) mass is 332 g/mol. The number of aromatic nitrogens is 1. The summed E-state index contributed by atoms with van der Waals surface area (Å²) in [5.41, 5.74) is 0.670. The van der Waals surface area contributed by atoms with Gasteiger partial charge in [0.15, 0.2) is 0 Å². The number of nitrogens with zero attached hydrogens (tertiary/aromatic N) is 1. The van der Waals surface area contributed by atoms with Gasteiger partial charge in [-0.15, -0.1) is 0 Å². The van der Waals surface area contributed by atoms with Crippen molar-refractivity contribution in [2.45, 2.75) is 32.6 Å². The molecule has 0 unspecified atom stereocenters. The van der Waals surface area contributed by atoms with Crippen molar-refractivity contribution in [1.29, 1.82) is 0 Å². The van der Waals surface area contributed by atoms with Crippen LogP contribution < -0.4 is 5.32 Å². The predicted octanol–water partition coefficient (Wildman–Crippen LogP) is 2.36. The molecule has 2 rings (SSSR count). The Morgan fingerprint density at radius 1 is 1.33 bits per heavy atom. The molecule has 1 heterocycles. The average Bonchev–Trinajstić information content (AvgIpc) is 2.63. The molecule has 1 aromatic heterocycles. The number of rotatable bonds is 4. The summed E-state index contributed by atoms with van der Waals surface area (Å²) in [6.07, 6.45) is 1.34. The van der Waals surface area contributed by atoms with Gasteiger partial charge in [0.05, 0.1) is 0 Å². The SMILES string of the molecule is Cn1cc(S(=O)(=O)Cl)cc1C(=O)NCC1C(C)(C)C1(C)C. The first-order chi connectivity index (χ1) is 9.39. The lowest BCUT2D eigenvalue weighted by molar-refractivity contribution is 0.0941. The lowest BCUT2D eigenvalue weighted by Crippen LogP contribution is -2.28. The van der Waals surface area contributed by atoms with Crippen molar-refractivity contribution in [2.75, 3.05) is 6.54 Å². The van der Waals surface area contributed by atoms with Gasteiger partial charge in [0.2, 0.25) is 0 Å². The summed E-state index contributed by atoms with van der Waals surface area (Å²) in [5, 5.41) is 2.88. The van der Waals surface area contributed by atoms with E-state index in [4.69, 9.17) is 10.7 Å².